The summed E-state index contributed by atoms with van der Waals surface area (Å²) < 4.78 is 7.06. The molecule has 0 bridgehead atoms. The van der Waals surface area contributed by atoms with Crippen LogP contribution in [0.5, 0.6) is 0 Å². The topological polar surface area (TPSA) is 56.7 Å². The highest BCUT2D eigenvalue weighted by Crippen LogP contribution is 2.22. The van der Waals surface area contributed by atoms with Crippen molar-refractivity contribution in [3.8, 4) is 11.4 Å². The third-order valence-corrected chi connectivity index (χ3v) is 3.71. The van der Waals surface area contributed by atoms with E-state index in [1.54, 1.807) is 13.1 Å². The molecule has 2 heterocycles. The lowest BCUT2D eigenvalue weighted by molar-refractivity contribution is 0.394. The van der Waals surface area contributed by atoms with Crippen LogP contribution in [0, 0.1) is 6.92 Å². The van der Waals surface area contributed by atoms with Gasteiger partial charge < -0.3 is 9.09 Å². The second kappa shape index (κ2) is 5.93. The van der Waals surface area contributed by atoms with Crippen LogP contribution in [0.15, 0.2) is 35.0 Å². The number of halogens is 1. The zero-order chi connectivity index (χ0) is 15.7. The summed E-state index contributed by atoms with van der Waals surface area (Å²) in [5.74, 6) is 2.45. The van der Waals surface area contributed by atoms with Crippen LogP contribution in [0.2, 0.25) is 5.15 Å². The molecular weight excluding hydrogens is 300 g/mol. The molecule has 0 aliphatic heterocycles. The molecule has 6 heteroatoms. The van der Waals surface area contributed by atoms with Crippen molar-refractivity contribution < 1.29 is 4.52 Å². The Hall–Kier alpha value is -2.14. The summed E-state index contributed by atoms with van der Waals surface area (Å²) in [6.45, 7) is 6.65. The zero-order valence-electron chi connectivity index (χ0n) is 12.7. The monoisotopic (exact) mass is 316 g/mol. The van der Waals surface area contributed by atoms with Crippen molar-refractivity contribution in [2.24, 2.45) is 0 Å². The maximum atomic E-state index is 6.26. The molecule has 0 radical (unpaired) electrons. The largest absolute Gasteiger partial charge is 0.339 e. The van der Waals surface area contributed by atoms with E-state index in [-0.39, 0.29) is 0 Å². The number of hydrogen-bond donors (Lipinski definition) is 0. The molecule has 0 spiro atoms. The Bertz CT molecular complexity index is 791. The van der Waals surface area contributed by atoms with Gasteiger partial charge in [-0.15, -0.1) is 0 Å². The summed E-state index contributed by atoms with van der Waals surface area (Å²) in [7, 11) is 0. The number of rotatable bonds is 4. The van der Waals surface area contributed by atoms with Crippen molar-refractivity contribution >= 4 is 11.6 Å². The van der Waals surface area contributed by atoms with Gasteiger partial charge >= 0.3 is 0 Å². The summed E-state index contributed by atoms with van der Waals surface area (Å²) in [5.41, 5.74) is 2.04. The van der Waals surface area contributed by atoms with Gasteiger partial charge in [-0.05, 0) is 11.6 Å². The van der Waals surface area contributed by atoms with Crippen LogP contribution in [-0.2, 0) is 6.54 Å². The van der Waals surface area contributed by atoms with Crippen LogP contribution in [0.4, 0.5) is 0 Å². The molecule has 1 aromatic carbocycles. The first-order chi connectivity index (χ1) is 10.5. The SMILES string of the molecule is Cc1nc(-c2cccc(Cn3c(Cl)cnc3C(C)C)c2)no1. The Morgan fingerprint density at radius 1 is 1.32 bits per heavy atom. The van der Waals surface area contributed by atoms with Gasteiger partial charge in [0.2, 0.25) is 11.7 Å². The minimum Gasteiger partial charge on any atom is -0.339 e. The second-order valence-electron chi connectivity index (χ2n) is 5.52. The van der Waals surface area contributed by atoms with E-state index in [0.29, 0.717) is 29.3 Å². The van der Waals surface area contributed by atoms with Gasteiger partial charge in [0.05, 0.1) is 12.7 Å². The minimum atomic E-state index is 0.315. The Morgan fingerprint density at radius 3 is 2.82 bits per heavy atom. The van der Waals surface area contributed by atoms with Crippen molar-refractivity contribution in [3.63, 3.8) is 0 Å². The maximum Gasteiger partial charge on any atom is 0.223 e. The zero-order valence-corrected chi connectivity index (χ0v) is 13.5. The van der Waals surface area contributed by atoms with Gasteiger partial charge in [0.1, 0.15) is 11.0 Å². The molecule has 22 heavy (non-hydrogen) atoms. The lowest BCUT2D eigenvalue weighted by Crippen LogP contribution is -2.07. The van der Waals surface area contributed by atoms with Crippen LogP contribution in [0.1, 0.15) is 37.0 Å². The lowest BCUT2D eigenvalue weighted by Gasteiger charge is -2.12. The predicted octanol–water partition coefficient (Wildman–Crippen LogP) is 4.07. The molecule has 0 aliphatic rings. The van der Waals surface area contributed by atoms with Crippen LogP contribution in [-0.4, -0.2) is 19.7 Å². The molecule has 3 rings (SSSR count). The van der Waals surface area contributed by atoms with E-state index >= 15 is 0 Å². The fourth-order valence-corrected chi connectivity index (χ4v) is 2.59. The molecule has 0 N–H and O–H groups in total. The average Bonchev–Trinajstić information content (AvgIpc) is 3.07. The van der Waals surface area contributed by atoms with E-state index in [9.17, 15) is 0 Å². The predicted molar refractivity (Wildman–Crippen MR) is 84.9 cm³/mol. The van der Waals surface area contributed by atoms with Crippen molar-refractivity contribution in [2.45, 2.75) is 33.2 Å². The van der Waals surface area contributed by atoms with Gasteiger partial charge in [0.15, 0.2) is 0 Å². The van der Waals surface area contributed by atoms with Crippen molar-refractivity contribution in [3.05, 3.63) is 52.9 Å². The van der Waals surface area contributed by atoms with Crippen LogP contribution in [0.3, 0.4) is 0 Å². The molecule has 0 amide bonds. The smallest absolute Gasteiger partial charge is 0.223 e. The molecule has 0 saturated carbocycles. The number of aromatic nitrogens is 4. The van der Waals surface area contributed by atoms with Crippen LogP contribution < -0.4 is 0 Å². The summed E-state index contributed by atoms with van der Waals surface area (Å²) in [5, 5.41) is 4.60. The van der Waals surface area contributed by atoms with Gasteiger partial charge in [-0.25, -0.2) is 4.98 Å². The first kappa shape index (κ1) is 14.8. The molecule has 3 aromatic rings. The summed E-state index contributed by atoms with van der Waals surface area (Å²) in [4.78, 5) is 8.65. The first-order valence-electron chi connectivity index (χ1n) is 7.15. The molecule has 2 aromatic heterocycles. The first-order valence-corrected chi connectivity index (χ1v) is 7.53. The molecule has 0 aliphatic carbocycles. The van der Waals surface area contributed by atoms with E-state index in [2.05, 4.69) is 35.0 Å². The molecule has 0 atom stereocenters. The van der Waals surface area contributed by atoms with Crippen molar-refractivity contribution in [2.75, 3.05) is 0 Å². The highest BCUT2D eigenvalue weighted by molar-refractivity contribution is 6.29. The molecule has 114 valence electrons. The van der Waals surface area contributed by atoms with Gasteiger partial charge in [-0.3, -0.25) is 0 Å². The highest BCUT2D eigenvalue weighted by atomic mass is 35.5. The molecule has 0 unspecified atom stereocenters. The van der Waals surface area contributed by atoms with Crippen molar-refractivity contribution in [1.82, 2.24) is 19.7 Å². The van der Waals surface area contributed by atoms with E-state index in [1.807, 2.05) is 22.8 Å². The summed E-state index contributed by atoms with van der Waals surface area (Å²) in [6.07, 6.45) is 1.70. The number of aryl methyl sites for hydroxylation is 1. The third-order valence-electron chi connectivity index (χ3n) is 3.41. The summed E-state index contributed by atoms with van der Waals surface area (Å²) in [6, 6.07) is 8.05. The molecular formula is C16H17ClN4O. The maximum absolute atomic E-state index is 6.26. The normalized spacial score (nSPS) is 11.3. The fraction of sp³-hybridized carbons (Fsp3) is 0.312. The fourth-order valence-electron chi connectivity index (χ4n) is 2.39. The quantitative estimate of drug-likeness (QED) is 0.728. The van der Waals surface area contributed by atoms with E-state index in [0.717, 1.165) is 17.0 Å². The van der Waals surface area contributed by atoms with E-state index in [1.165, 1.54) is 0 Å². The number of nitrogens with zero attached hydrogens (tertiary/aromatic N) is 4. The van der Waals surface area contributed by atoms with Crippen LogP contribution in [0.25, 0.3) is 11.4 Å². The highest BCUT2D eigenvalue weighted by Gasteiger charge is 2.13. The molecule has 0 fully saturated rings. The Labute approximate surface area is 133 Å². The number of imidazole rings is 1. The molecule has 0 saturated heterocycles. The van der Waals surface area contributed by atoms with Crippen LogP contribution >= 0.6 is 11.6 Å². The average molecular weight is 317 g/mol. The Balaban J connectivity index is 1.92. The van der Waals surface area contributed by atoms with E-state index < -0.39 is 0 Å². The molecule has 5 nitrogen and oxygen atoms in total. The summed E-state index contributed by atoms with van der Waals surface area (Å²) >= 11 is 6.26. The van der Waals surface area contributed by atoms with Gasteiger partial charge in [-0.2, -0.15) is 4.98 Å². The van der Waals surface area contributed by atoms with Gasteiger partial charge in [0.25, 0.3) is 0 Å². The number of benzene rings is 1. The third kappa shape index (κ3) is 2.90. The Kier molecular flexibility index (Phi) is 3.98. The second-order valence-corrected chi connectivity index (χ2v) is 5.90. The minimum absolute atomic E-state index is 0.315. The van der Waals surface area contributed by atoms with Crippen molar-refractivity contribution in [1.29, 1.82) is 0 Å². The van der Waals surface area contributed by atoms with E-state index in [4.69, 9.17) is 16.1 Å². The lowest BCUT2D eigenvalue weighted by atomic mass is 10.1. The van der Waals surface area contributed by atoms with Gasteiger partial charge in [0, 0.05) is 18.4 Å². The van der Waals surface area contributed by atoms with Gasteiger partial charge in [-0.1, -0.05) is 48.8 Å². The Morgan fingerprint density at radius 2 is 2.14 bits per heavy atom. The standard InChI is InChI=1S/C16H17ClN4O/c1-10(2)16-18-8-14(17)21(16)9-12-5-4-6-13(7-12)15-19-11(3)22-20-15/h4-8,10H,9H2,1-3H3. The number of hydrogen-bond acceptors (Lipinski definition) is 4.